The van der Waals surface area contributed by atoms with E-state index >= 15 is 0 Å². The maximum absolute atomic E-state index is 13.5. The van der Waals surface area contributed by atoms with Crippen molar-refractivity contribution in [1.29, 1.82) is 0 Å². The minimum Gasteiger partial charge on any atom is -0.367 e. The van der Waals surface area contributed by atoms with E-state index in [0.29, 0.717) is 25.9 Å². The van der Waals surface area contributed by atoms with Gasteiger partial charge in [-0.1, -0.05) is 11.6 Å². The van der Waals surface area contributed by atoms with Crippen LogP contribution in [-0.4, -0.2) is 18.9 Å². The van der Waals surface area contributed by atoms with Gasteiger partial charge in [-0.3, -0.25) is 4.79 Å². The molecule has 0 N–H and O–H groups in total. The number of nitrogens with zero attached hydrogens (tertiary/aromatic N) is 1. The molecule has 1 aliphatic rings. The van der Waals surface area contributed by atoms with Gasteiger partial charge in [0, 0.05) is 32.0 Å². The summed E-state index contributed by atoms with van der Waals surface area (Å²) in [7, 11) is 0. The number of benzene rings is 1. The Morgan fingerprint density at radius 3 is 2.38 bits per heavy atom. The maximum Gasteiger partial charge on any atom is 0.150 e. The van der Waals surface area contributed by atoms with Crippen LogP contribution in [0.15, 0.2) is 12.1 Å². The van der Waals surface area contributed by atoms with Crippen LogP contribution in [-0.2, 0) is 4.79 Å². The van der Waals surface area contributed by atoms with Crippen LogP contribution in [0, 0.1) is 11.6 Å². The second kappa shape index (κ2) is 4.37. The normalized spacial score (nSPS) is 16.7. The summed E-state index contributed by atoms with van der Waals surface area (Å²) in [5.41, 5.74) is 0.190. The number of carbonyl (C=O) groups excluding carboxylic acids is 1. The smallest absolute Gasteiger partial charge is 0.150 e. The first-order valence-corrected chi connectivity index (χ1v) is 5.37. The Bertz CT molecular complexity index is 403. The molecule has 5 heteroatoms. The molecule has 0 amide bonds. The summed E-state index contributed by atoms with van der Waals surface area (Å²) in [6.45, 7) is 0.863. The van der Waals surface area contributed by atoms with Crippen LogP contribution in [0.3, 0.4) is 0 Å². The minimum atomic E-state index is -0.695. The molecule has 1 aliphatic heterocycles. The van der Waals surface area contributed by atoms with Gasteiger partial charge in [-0.15, -0.1) is 0 Å². The first-order valence-electron chi connectivity index (χ1n) is 4.99. The van der Waals surface area contributed by atoms with Crippen molar-refractivity contribution < 1.29 is 13.6 Å². The van der Waals surface area contributed by atoms with E-state index in [1.165, 1.54) is 0 Å². The molecule has 2 nitrogen and oxygen atoms in total. The van der Waals surface area contributed by atoms with E-state index in [1.807, 2.05) is 0 Å². The Morgan fingerprint density at radius 1 is 1.19 bits per heavy atom. The largest absolute Gasteiger partial charge is 0.367 e. The third-order valence-electron chi connectivity index (χ3n) is 2.62. The van der Waals surface area contributed by atoms with Crippen molar-refractivity contribution in [2.24, 2.45) is 0 Å². The molecular formula is C11H10ClF2NO. The van der Waals surface area contributed by atoms with Crippen LogP contribution in [0.1, 0.15) is 12.8 Å². The third kappa shape index (κ3) is 2.16. The minimum absolute atomic E-state index is 0.0480. The lowest BCUT2D eigenvalue weighted by atomic mass is 10.1. The first kappa shape index (κ1) is 11.3. The van der Waals surface area contributed by atoms with Crippen molar-refractivity contribution in [3.05, 3.63) is 28.8 Å². The average molecular weight is 246 g/mol. The second-order valence-electron chi connectivity index (χ2n) is 3.74. The van der Waals surface area contributed by atoms with Crippen molar-refractivity contribution in [3.8, 4) is 0 Å². The summed E-state index contributed by atoms with van der Waals surface area (Å²) in [6, 6.07) is 1.88. The highest BCUT2D eigenvalue weighted by Crippen LogP contribution is 2.31. The highest BCUT2D eigenvalue weighted by molar-refractivity contribution is 6.33. The van der Waals surface area contributed by atoms with E-state index in [9.17, 15) is 13.6 Å². The van der Waals surface area contributed by atoms with E-state index < -0.39 is 11.6 Å². The number of carbonyl (C=O) groups is 1. The summed E-state index contributed by atoms with van der Waals surface area (Å²) in [5.74, 6) is -1.21. The van der Waals surface area contributed by atoms with Crippen LogP contribution in [0.4, 0.5) is 14.5 Å². The third-order valence-corrected chi connectivity index (χ3v) is 2.91. The number of rotatable bonds is 1. The number of Topliss-reactive ketones (excluding diaryl/α,β-unsaturated/α-hetero) is 1. The van der Waals surface area contributed by atoms with E-state index in [2.05, 4.69) is 0 Å². The number of halogens is 3. The highest BCUT2D eigenvalue weighted by Gasteiger charge is 2.21. The Labute approximate surface area is 96.8 Å². The Morgan fingerprint density at radius 2 is 1.81 bits per heavy atom. The summed E-state index contributed by atoms with van der Waals surface area (Å²) < 4.78 is 26.4. The van der Waals surface area contributed by atoms with Crippen LogP contribution in [0.5, 0.6) is 0 Å². The van der Waals surface area contributed by atoms with Gasteiger partial charge in [-0.25, -0.2) is 8.78 Å². The van der Waals surface area contributed by atoms with Crippen molar-refractivity contribution in [2.45, 2.75) is 12.8 Å². The van der Waals surface area contributed by atoms with E-state index in [1.54, 1.807) is 4.90 Å². The molecule has 0 spiro atoms. The van der Waals surface area contributed by atoms with Crippen molar-refractivity contribution in [3.63, 3.8) is 0 Å². The van der Waals surface area contributed by atoms with E-state index in [-0.39, 0.29) is 16.5 Å². The van der Waals surface area contributed by atoms with Gasteiger partial charge in [0.15, 0.2) is 5.82 Å². The van der Waals surface area contributed by atoms with Gasteiger partial charge in [0.1, 0.15) is 11.6 Å². The zero-order valence-corrected chi connectivity index (χ0v) is 9.23. The molecule has 1 heterocycles. The zero-order valence-electron chi connectivity index (χ0n) is 8.47. The van der Waals surface area contributed by atoms with E-state index in [4.69, 9.17) is 11.6 Å². The summed E-state index contributed by atoms with van der Waals surface area (Å²) >= 11 is 5.80. The molecule has 0 saturated carbocycles. The van der Waals surface area contributed by atoms with Crippen molar-refractivity contribution in [2.75, 3.05) is 18.0 Å². The van der Waals surface area contributed by atoms with Crippen LogP contribution >= 0.6 is 11.6 Å². The molecule has 1 aromatic carbocycles. The molecule has 1 fully saturated rings. The van der Waals surface area contributed by atoms with Crippen LogP contribution in [0.2, 0.25) is 5.02 Å². The Hall–Kier alpha value is -1.16. The lowest BCUT2D eigenvalue weighted by molar-refractivity contribution is -0.119. The predicted molar refractivity (Wildman–Crippen MR) is 57.8 cm³/mol. The van der Waals surface area contributed by atoms with Crippen molar-refractivity contribution in [1.82, 2.24) is 0 Å². The Kier molecular flexibility index (Phi) is 3.10. The molecule has 0 radical (unpaired) electrons. The van der Waals surface area contributed by atoms with Crippen LogP contribution in [0.25, 0.3) is 0 Å². The standard InChI is InChI=1S/C11H10ClF2NO/c12-9-5-7(13)6-10(14)11(9)15-3-1-8(16)2-4-15/h5-6H,1-4H2. The summed E-state index contributed by atoms with van der Waals surface area (Å²) in [5, 5.41) is 0.0480. The van der Waals surface area contributed by atoms with Gasteiger partial charge >= 0.3 is 0 Å². The SMILES string of the molecule is O=C1CCN(c2c(F)cc(F)cc2Cl)CC1. The molecule has 0 atom stereocenters. The fourth-order valence-corrected chi connectivity index (χ4v) is 2.13. The first-order chi connectivity index (χ1) is 7.58. The zero-order chi connectivity index (χ0) is 11.7. The fraction of sp³-hybridized carbons (Fsp3) is 0.364. The number of hydrogen-bond acceptors (Lipinski definition) is 2. The maximum atomic E-state index is 13.5. The molecule has 1 aromatic rings. The van der Waals surface area contributed by atoms with Gasteiger partial charge < -0.3 is 4.90 Å². The molecular weight excluding hydrogens is 236 g/mol. The molecule has 2 rings (SSSR count). The fourth-order valence-electron chi connectivity index (χ4n) is 1.82. The summed E-state index contributed by atoms with van der Waals surface area (Å²) in [6.07, 6.45) is 0.764. The molecule has 0 unspecified atom stereocenters. The number of piperidine rings is 1. The molecule has 1 saturated heterocycles. The van der Waals surface area contributed by atoms with Gasteiger partial charge in [-0.2, -0.15) is 0 Å². The number of ketones is 1. The van der Waals surface area contributed by atoms with Gasteiger partial charge in [-0.05, 0) is 6.07 Å². The predicted octanol–water partition coefficient (Wildman–Crippen LogP) is 2.79. The molecule has 0 aliphatic carbocycles. The quantitative estimate of drug-likeness (QED) is 0.758. The van der Waals surface area contributed by atoms with Gasteiger partial charge in [0.05, 0.1) is 10.7 Å². The van der Waals surface area contributed by atoms with Crippen LogP contribution < -0.4 is 4.90 Å². The summed E-state index contributed by atoms with van der Waals surface area (Å²) in [4.78, 5) is 12.7. The molecule has 0 bridgehead atoms. The van der Waals surface area contributed by atoms with Gasteiger partial charge in [0.25, 0.3) is 0 Å². The van der Waals surface area contributed by atoms with Gasteiger partial charge in [0.2, 0.25) is 0 Å². The monoisotopic (exact) mass is 245 g/mol. The van der Waals surface area contributed by atoms with Crippen molar-refractivity contribution >= 4 is 23.1 Å². The lowest BCUT2D eigenvalue weighted by Crippen LogP contribution is -2.34. The lowest BCUT2D eigenvalue weighted by Gasteiger charge is -2.29. The molecule has 0 aromatic heterocycles. The topological polar surface area (TPSA) is 20.3 Å². The molecule has 86 valence electrons. The molecule has 16 heavy (non-hydrogen) atoms. The average Bonchev–Trinajstić information content (AvgIpc) is 2.19. The number of anilines is 1. The highest BCUT2D eigenvalue weighted by atomic mass is 35.5. The second-order valence-corrected chi connectivity index (χ2v) is 4.15. The Balaban J connectivity index is 2.30. The van der Waals surface area contributed by atoms with E-state index in [0.717, 1.165) is 12.1 Å². The number of hydrogen-bond donors (Lipinski definition) is 0.